The number of carbonyl (C=O) groups excluding carboxylic acids is 1. The van der Waals surface area contributed by atoms with E-state index in [1.165, 1.54) is 11.2 Å². The van der Waals surface area contributed by atoms with Gasteiger partial charge in [-0.15, -0.1) is 10.2 Å². The molecule has 0 bridgehead atoms. The highest BCUT2D eigenvalue weighted by atomic mass is 19.4. The highest BCUT2D eigenvalue weighted by Crippen LogP contribution is 2.28. The van der Waals surface area contributed by atoms with Crippen LogP contribution in [0, 0.1) is 0 Å². The van der Waals surface area contributed by atoms with Crippen LogP contribution in [0.2, 0.25) is 0 Å². The number of pyridine rings is 1. The minimum absolute atomic E-state index is 0.225. The van der Waals surface area contributed by atoms with Crippen molar-refractivity contribution >= 4 is 5.91 Å². The molecule has 122 valence electrons. The van der Waals surface area contributed by atoms with Gasteiger partial charge in [-0.2, -0.15) is 13.2 Å². The molecule has 2 aromatic heterocycles. The Morgan fingerprint density at radius 2 is 2.13 bits per heavy atom. The fourth-order valence-electron chi connectivity index (χ4n) is 2.57. The number of carbonyl (C=O) groups is 1. The summed E-state index contributed by atoms with van der Waals surface area (Å²) in [5.74, 6) is -0.0430. The lowest BCUT2D eigenvalue weighted by Crippen LogP contribution is -2.41. The molecule has 3 heterocycles. The Kier molecular flexibility index (Phi) is 3.46. The monoisotopic (exact) mass is 327 g/mol. The SMILES string of the molecule is CC1c2nncn2CCN1C(=O)c1c[nH]c(=O)c(C(F)(F)F)c1. The summed E-state index contributed by atoms with van der Waals surface area (Å²) in [6, 6.07) is 0.146. The molecule has 1 aliphatic heterocycles. The van der Waals surface area contributed by atoms with Crippen molar-refractivity contribution in [1.82, 2.24) is 24.6 Å². The summed E-state index contributed by atoms with van der Waals surface area (Å²) in [5, 5.41) is 7.67. The van der Waals surface area contributed by atoms with Crippen LogP contribution in [-0.4, -0.2) is 37.1 Å². The van der Waals surface area contributed by atoms with Crippen molar-refractivity contribution in [3.8, 4) is 0 Å². The summed E-state index contributed by atoms with van der Waals surface area (Å²) in [6.07, 6.45) is -2.29. The van der Waals surface area contributed by atoms with Crippen LogP contribution >= 0.6 is 0 Å². The van der Waals surface area contributed by atoms with Gasteiger partial charge in [-0.1, -0.05) is 0 Å². The molecule has 1 amide bonds. The predicted molar refractivity (Wildman–Crippen MR) is 71.5 cm³/mol. The molecule has 0 radical (unpaired) electrons. The second-order valence-corrected chi connectivity index (χ2v) is 5.19. The fraction of sp³-hybridized carbons (Fsp3) is 0.385. The first-order valence-electron chi connectivity index (χ1n) is 6.77. The summed E-state index contributed by atoms with van der Waals surface area (Å²) in [7, 11) is 0. The number of rotatable bonds is 1. The molecule has 23 heavy (non-hydrogen) atoms. The average molecular weight is 327 g/mol. The van der Waals surface area contributed by atoms with E-state index in [9.17, 15) is 22.8 Å². The zero-order valence-corrected chi connectivity index (χ0v) is 12.0. The fourth-order valence-corrected chi connectivity index (χ4v) is 2.57. The van der Waals surface area contributed by atoms with Gasteiger partial charge in [0.2, 0.25) is 0 Å². The standard InChI is InChI=1S/C13H12F3N5O2/c1-7-10-19-18-6-20(10)2-3-21(7)12(23)8-4-9(13(14,15)16)11(22)17-5-8/h4-7H,2-3H2,1H3,(H,17,22). The number of aromatic nitrogens is 4. The lowest BCUT2D eigenvalue weighted by atomic mass is 10.1. The van der Waals surface area contributed by atoms with Gasteiger partial charge in [-0.05, 0) is 13.0 Å². The predicted octanol–water partition coefficient (Wildman–Crippen LogP) is 1.20. The molecule has 1 aliphatic rings. The van der Waals surface area contributed by atoms with Gasteiger partial charge in [-0.3, -0.25) is 9.59 Å². The number of nitrogens with zero attached hydrogens (tertiary/aromatic N) is 4. The summed E-state index contributed by atoms with van der Waals surface area (Å²) in [6.45, 7) is 2.48. The maximum absolute atomic E-state index is 12.8. The lowest BCUT2D eigenvalue weighted by molar-refractivity contribution is -0.138. The highest BCUT2D eigenvalue weighted by Gasteiger charge is 2.36. The van der Waals surface area contributed by atoms with Crippen LogP contribution in [0.3, 0.4) is 0 Å². The van der Waals surface area contributed by atoms with Crippen LogP contribution in [-0.2, 0) is 12.7 Å². The van der Waals surface area contributed by atoms with E-state index in [1.54, 1.807) is 11.5 Å². The maximum atomic E-state index is 12.8. The van der Waals surface area contributed by atoms with E-state index in [2.05, 4.69) is 10.2 Å². The van der Waals surface area contributed by atoms with Crippen molar-refractivity contribution in [2.75, 3.05) is 6.54 Å². The molecule has 0 aromatic carbocycles. The Morgan fingerprint density at radius 3 is 2.83 bits per heavy atom. The first-order valence-corrected chi connectivity index (χ1v) is 6.77. The minimum atomic E-state index is -4.82. The number of amides is 1. The average Bonchev–Trinajstić information content (AvgIpc) is 2.95. The van der Waals surface area contributed by atoms with E-state index in [0.717, 1.165) is 6.20 Å². The molecular formula is C13H12F3N5O2. The van der Waals surface area contributed by atoms with Gasteiger partial charge < -0.3 is 14.5 Å². The largest absolute Gasteiger partial charge is 0.421 e. The molecule has 2 aromatic rings. The van der Waals surface area contributed by atoms with Gasteiger partial charge in [0.15, 0.2) is 5.82 Å². The molecule has 1 unspecified atom stereocenters. The van der Waals surface area contributed by atoms with E-state index in [-0.39, 0.29) is 5.56 Å². The van der Waals surface area contributed by atoms with Crippen LogP contribution in [0.4, 0.5) is 13.2 Å². The molecule has 10 heteroatoms. The van der Waals surface area contributed by atoms with Gasteiger partial charge in [0.05, 0.1) is 11.6 Å². The van der Waals surface area contributed by atoms with E-state index in [0.29, 0.717) is 25.0 Å². The molecule has 3 rings (SSSR count). The quantitative estimate of drug-likeness (QED) is 0.853. The summed E-state index contributed by atoms with van der Waals surface area (Å²) < 4.78 is 40.2. The first kappa shape index (κ1) is 15.3. The molecule has 0 spiro atoms. The Bertz CT molecular complexity index is 810. The normalized spacial score (nSPS) is 17.9. The van der Waals surface area contributed by atoms with E-state index >= 15 is 0 Å². The summed E-state index contributed by atoms with van der Waals surface area (Å²) in [4.78, 5) is 27.2. The van der Waals surface area contributed by atoms with Crippen molar-refractivity contribution in [2.24, 2.45) is 0 Å². The van der Waals surface area contributed by atoms with E-state index in [4.69, 9.17) is 0 Å². The number of nitrogens with one attached hydrogen (secondary N) is 1. The molecule has 0 fully saturated rings. The molecule has 1 atom stereocenters. The minimum Gasteiger partial charge on any atom is -0.328 e. The number of fused-ring (bicyclic) bond motifs is 1. The molecule has 0 aliphatic carbocycles. The van der Waals surface area contributed by atoms with Crippen LogP contribution in [0.15, 0.2) is 23.4 Å². The number of H-pyrrole nitrogens is 1. The maximum Gasteiger partial charge on any atom is 0.421 e. The third-order valence-electron chi connectivity index (χ3n) is 3.78. The zero-order valence-electron chi connectivity index (χ0n) is 12.0. The van der Waals surface area contributed by atoms with E-state index in [1.807, 2.05) is 4.98 Å². The van der Waals surface area contributed by atoms with Crippen molar-refractivity contribution < 1.29 is 18.0 Å². The molecule has 0 saturated heterocycles. The van der Waals surface area contributed by atoms with Crippen molar-refractivity contribution in [3.05, 3.63) is 45.9 Å². The summed E-state index contributed by atoms with van der Waals surface area (Å²) >= 11 is 0. The number of aromatic amines is 1. The number of hydrogen-bond donors (Lipinski definition) is 1. The Morgan fingerprint density at radius 1 is 1.39 bits per heavy atom. The first-order chi connectivity index (χ1) is 10.8. The van der Waals surface area contributed by atoms with Crippen LogP contribution in [0.25, 0.3) is 0 Å². The Labute approximate surface area is 127 Å². The van der Waals surface area contributed by atoms with Crippen LogP contribution < -0.4 is 5.56 Å². The van der Waals surface area contributed by atoms with Gasteiger partial charge in [0.1, 0.15) is 11.9 Å². The van der Waals surface area contributed by atoms with Gasteiger partial charge in [0, 0.05) is 19.3 Å². The molecule has 7 nitrogen and oxygen atoms in total. The Balaban J connectivity index is 1.94. The lowest BCUT2D eigenvalue weighted by Gasteiger charge is -2.33. The van der Waals surface area contributed by atoms with Crippen molar-refractivity contribution in [1.29, 1.82) is 0 Å². The molecule has 1 N–H and O–H groups in total. The van der Waals surface area contributed by atoms with E-state index < -0.39 is 29.2 Å². The molecular weight excluding hydrogens is 315 g/mol. The number of alkyl halides is 3. The van der Waals surface area contributed by atoms with Gasteiger partial charge in [0.25, 0.3) is 11.5 Å². The highest BCUT2D eigenvalue weighted by molar-refractivity contribution is 5.94. The second kappa shape index (κ2) is 5.21. The topological polar surface area (TPSA) is 83.9 Å². The van der Waals surface area contributed by atoms with Crippen molar-refractivity contribution in [3.63, 3.8) is 0 Å². The summed E-state index contributed by atoms with van der Waals surface area (Å²) in [5.41, 5.74) is -2.89. The zero-order chi connectivity index (χ0) is 16.8. The van der Waals surface area contributed by atoms with Crippen molar-refractivity contribution in [2.45, 2.75) is 25.7 Å². The number of halogens is 3. The third kappa shape index (κ3) is 2.60. The second-order valence-electron chi connectivity index (χ2n) is 5.19. The van der Waals surface area contributed by atoms with Gasteiger partial charge >= 0.3 is 6.18 Å². The smallest absolute Gasteiger partial charge is 0.328 e. The van der Waals surface area contributed by atoms with Gasteiger partial charge in [-0.25, -0.2) is 0 Å². The molecule has 0 saturated carbocycles. The van der Waals surface area contributed by atoms with Crippen LogP contribution in [0.1, 0.15) is 34.7 Å². The third-order valence-corrected chi connectivity index (χ3v) is 3.78. The van der Waals surface area contributed by atoms with Crippen LogP contribution in [0.5, 0.6) is 0 Å². The number of hydrogen-bond acceptors (Lipinski definition) is 4. The Hall–Kier alpha value is -2.65.